The van der Waals surface area contributed by atoms with Crippen molar-refractivity contribution in [3.05, 3.63) is 66.5 Å². The summed E-state index contributed by atoms with van der Waals surface area (Å²) in [6.45, 7) is 7.53. The van der Waals surface area contributed by atoms with Crippen molar-refractivity contribution in [3.8, 4) is 11.5 Å². The van der Waals surface area contributed by atoms with E-state index in [0.717, 1.165) is 43.2 Å². The van der Waals surface area contributed by atoms with Crippen LogP contribution < -0.4 is 14.4 Å². The number of β-amino-alcohol motifs (C(OH)–C–C–N with tert-alkyl or cyclic N) is 1. The second-order valence-electron chi connectivity index (χ2n) is 7.17. The van der Waals surface area contributed by atoms with Crippen molar-refractivity contribution in [2.75, 3.05) is 51.3 Å². The second-order valence-corrected chi connectivity index (χ2v) is 7.17. The Balaban J connectivity index is 0.00000240. The fourth-order valence-corrected chi connectivity index (χ4v) is 3.55. The molecule has 0 bridgehead atoms. The molecule has 8 heteroatoms. The van der Waals surface area contributed by atoms with Gasteiger partial charge in [0.25, 0.3) is 0 Å². The third-order valence-electron chi connectivity index (χ3n) is 5.10. The number of nitrogens with zero attached hydrogens (tertiary/aromatic N) is 2. The summed E-state index contributed by atoms with van der Waals surface area (Å²) in [5.41, 5.74) is 1.62. The van der Waals surface area contributed by atoms with E-state index in [1.807, 2.05) is 41.3 Å². The van der Waals surface area contributed by atoms with Crippen molar-refractivity contribution in [3.63, 3.8) is 0 Å². The summed E-state index contributed by atoms with van der Waals surface area (Å²) in [6.07, 6.45) is 1.88. The molecule has 2 aromatic carbocycles. The van der Waals surface area contributed by atoms with Crippen LogP contribution in [0, 0.1) is 5.82 Å². The van der Waals surface area contributed by atoms with E-state index >= 15 is 0 Å². The Bertz CT molecular complexity index is 817. The number of allylic oxidation sites excluding steroid dienone is 1. The van der Waals surface area contributed by atoms with E-state index in [0.29, 0.717) is 18.7 Å². The molecule has 1 N–H and O–H groups in total. The van der Waals surface area contributed by atoms with Gasteiger partial charge in [0.2, 0.25) is 0 Å². The molecule has 1 saturated heterocycles. The van der Waals surface area contributed by atoms with E-state index in [2.05, 4.69) is 11.5 Å². The number of piperazine rings is 1. The first-order valence-corrected chi connectivity index (χ1v) is 9.91. The number of methoxy groups -OCH3 is 1. The van der Waals surface area contributed by atoms with E-state index in [9.17, 15) is 9.50 Å². The van der Waals surface area contributed by atoms with E-state index in [1.165, 1.54) is 6.07 Å². The molecule has 0 saturated carbocycles. The molecule has 1 aliphatic heterocycles. The maximum Gasteiger partial charge on any atom is 0.146 e. The standard InChI is InChI=1S/C23H29FN2O3.2ClH/c1-3-6-18-15-20(28-2)9-10-23(18)29-17-19(27)16-25-11-13-26(14-12-25)22-8-5-4-7-21(22)24;;/h3-5,7-10,15,19,27H,1,6,11-14,16-17H2,2H3;2*1H. The summed E-state index contributed by atoms with van der Waals surface area (Å²) in [5.74, 6) is 1.31. The summed E-state index contributed by atoms with van der Waals surface area (Å²) in [4.78, 5) is 4.23. The average Bonchev–Trinajstić information content (AvgIpc) is 2.74. The highest BCUT2D eigenvalue weighted by atomic mass is 35.5. The SMILES string of the molecule is C=CCc1cc(OC)ccc1OCC(O)CN1CCN(c2ccccc2F)CC1.Cl.Cl. The first-order valence-electron chi connectivity index (χ1n) is 9.91. The number of halogens is 3. The van der Waals surface area contributed by atoms with Gasteiger partial charge in [-0.25, -0.2) is 4.39 Å². The Morgan fingerprint density at radius 2 is 1.84 bits per heavy atom. The molecule has 2 aromatic rings. The zero-order valence-electron chi connectivity index (χ0n) is 17.7. The van der Waals surface area contributed by atoms with Crippen LogP contribution in [0.5, 0.6) is 11.5 Å². The number of aliphatic hydroxyl groups is 1. The molecule has 172 valence electrons. The number of aliphatic hydroxyl groups excluding tert-OH is 1. The number of para-hydroxylation sites is 1. The zero-order chi connectivity index (χ0) is 20.6. The zero-order valence-corrected chi connectivity index (χ0v) is 19.3. The van der Waals surface area contributed by atoms with Gasteiger partial charge in [0.15, 0.2) is 0 Å². The van der Waals surface area contributed by atoms with Gasteiger partial charge in [-0.3, -0.25) is 4.90 Å². The molecule has 3 rings (SSSR count). The van der Waals surface area contributed by atoms with Crippen LogP contribution in [0.1, 0.15) is 5.56 Å². The van der Waals surface area contributed by atoms with E-state index in [4.69, 9.17) is 9.47 Å². The maximum absolute atomic E-state index is 14.0. The van der Waals surface area contributed by atoms with Crippen LogP contribution in [0.15, 0.2) is 55.1 Å². The van der Waals surface area contributed by atoms with Crippen molar-refractivity contribution in [1.29, 1.82) is 0 Å². The van der Waals surface area contributed by atoms with E-state index in [1.54, 1.807) is 13.2 Å². The molecular weight excluding hydrogens is 442 g/mol. The molecule has 1 unspecified atom stereocenters. The average molecular weight is 473 g/mol. The summed E-state index contributed by atoms with van der Waals surface area (Å²) >= 11 is 0. The minimum absolute atomic E-state index is 0. The minimum atomic E-state index is -0.603. The first kappa shape index (κ1) is 27.0. The van der Waals surface area contributed by atoms with Crippen LogP contribution in [-0.2, 0) is 6.42 Å². The van der Waals surface area contributed by atoms with Crippen LogP contribution in [0.2, 0.25) is 0 Å². The molecule has 1 atom stereocenters. The Morgan fingerprint density at radius 3 is 2.48 bits per heavy atom. The lowest BCUT2D eigenvalue weighted by Gasteiger charge is -2.37. The Morgan fingerprint density at radius 1 is 1.13 bits per heavy atom. The number of hydrogen-bond donors (Lipinski definition) is 1. The van der Waals surface area contributed by atoms with Gasteiger partial charge in [-0.2, -0.15) is 0 Å². The molecule has 31 heavy (non-hydrogen) atoms. The number of hydrogen-bond acceptors (Lipinski definition) is 5. The lowest BCUT2D eigenvalue weighted by molar-refractivity contribution is 0.0659. The predicted octanol–water partition coefficient (Wildman–Crippen LogP) is 3.97. The predicted molar refractivity (Wildman–Crippen MR) is 128 cm³/mol. The van der Waals surface area contributed by atoms with E-state index in [-0.39, 0.29) is 37.2 Å². The first-order chi connectivity index (χ1) is 14.1. The highest BCUT2D eigenvalue weighted by Gasteiger charge is 2.21. The Labute approximate surface area is 196 Å². The molecule has 0 amide bonds. The lowest BCUT2D eigenvalue weighted by atomic mass is 10.1. The molecular formula is C23H31Cl2FN2O3. The fraction of sp³-hybridized carbons (Fsp3) is 0.391. The van der Waals surface area contributed by atoms with Crippen LogP contribution in [0.4, 0.5) is 10.1 Å². The van der Waals surface area contributed by atoms with Crippen LogP contribution in [-0.4, -0.2) is 62.6 Å². The van der Waals surface area contributed by atoms with Crippen LogP contribution in [0.25, 0.3) is 0 Å². The Kier molecular flexibility index (Phi) is 11.7. The van der Waals surface area contributed by atoms with Gasteiger partial charge in [0.1, 0.15) is 30.0 Å². The monoisotopic (exact) mass is 472 g/mol. The largest absolute Gasteiger partial charge is 0.497 e. The molecule has 0 radical (unpaired) electrons. The fourth-order valence-electron chi connectivity index (χ4n) is 3.55. The topological polar surface area (TPSA) is 45.2 Å². The van der Waals surface area contributed by atoms with Crippen molar-refractivity contribution >= 4 is 30.5 Å². The maximum atomic E-state index is 14.0. The van der Waals surface area contributed by atoms with Crippen LogP contribution >= 0.6 is 24.8 Å². The molecule has 0 aromatic heterocycles. The normalized spacial score (nSPS) is 14.7. The van der Waals surface area contributed by atoms with Gasteiger partial charge in [0, 0.05) is 38.3 Å². The van der Waals surface area contributed by atoms with Crippen molar-refractivity contribution < 1.29 is 19.0 Å². The molecule has 1 heterocycles. The number of ether oxygens (including phenoxy) is 2. The van der Waals surface area contributed by atoms with Gasteiger partial charge in [-0.1, -0.05) is 18.2 Å². The number of anilines is 1. The summed E-state index contributed by atoms with van der Waals surface area (Å²) < 4.78 is 25.1. The Hall–Kier alpha value is -1.99. The van der Waals surface area contributed by atoms with Gasteiger partial charge in [-0.15, -0.1) is 31.4 Å². The summed E-state index contributed by atoms with van der Waals surface area (Å²) in [7, 11) is 1.63. The second kappa shape index (κ2) is 13.4. The van der Waals surface area contributed by atoms with E-state index < -0.39 is 6.10 Å². The third kappa shape index (κ3) is 7.58. The highest BCUT2D eigenvalue weighted by molar-refractivity contribution is 5.85. The number of rotatable bonds is 9. The van der Waals surface area contributed by atoms with Crippen molar-refractivity contribution in [2.24, 2.45) is 0 Å². The number of benzene rings is 2. The quantitative estimate of drug-likeness (QED) is 0.559. The van der Waals surface area contributed by atoms with Crippen molar-refractivity contribution in [1.82, 2.24) is 4.90 Å². The van der Waals surface area contributed by atoms with Gasteiger partial charge < -0.3 is 19.5 Å². The van der Waals surface area contributed by atoms with Gasteiger partial charge in [-0.05, 0) is 36.8 Å². The third-order valence-corrected chi connectivity index (χ3v) is 5.10. The molecule has 1 fully saturated rings. The van der Waals surface area contributed by atoms with Crippen molar-refractivity contribution in [2.45, 2.75) is 12.5 Å². The van der Waals surface area contributed by atoms with Gasteiger partial charge in [0.05, 0.1) is 12.8 Å². The summed E-state index contributed by atoms with van der Waals surface area (Å²) in [5, 5.41) is 10.4. The highest BCUT2D eigenvalue weighted by Crippen LogP contribution is 2.25. The molecule has 0 spiro atoms. The molecule has 1 aliphatic rings. The smallest absolute Gasteiger partial charge is 0.146 e. The molecule has 0 aliphatic carbocycles. The lowest BCUT2D eigenvalue weighted by Crippen LogP contribution is -2.49. The summed E-state index contributed by atoms with van der Waals surface area (Å²) in [6, 6.07) is 12.5. The van der Waals surface area contributed by atoms with Crippen LogP contribution in [0.3, 0.4) is 0 Å². The molecule has 5 nitrogen and oxygen atoms in total. The minimum Gasteiger partial charge on any atom is -0.497 e. The van der Waals surface area contributed by atoms with Gasteiger partial charge >= 0.3 is 0 Å².